The lowest BCUT2D eigenvalue weighted by Gasteiger charge is -2.30. The molecule has 2 amide bonds. The van der Waals surface area contributed by atoms with Gasteiger partial charge in [0.05, 0.1) is 10.3 Å². The number of hydrogen-bond donors (Lipinski definition) is 1. The Morgan fingerprint density at radius 1 is 1.18 bits per heavy atom. The topological polar surface area (TPSA) is 86.8 Å². The zero-order valence-corrected chi connectivity index (χ0v) is 20.5. The summed E-state index contributed by atoms with van der Waals surface area (Å²) in [5.74, 6) is -0.673. The second-order valence-electron chi connectivity index (χ2n) is 9.71. The summed E-state index contributed by atoms with van der Waals surface area (Å²) in [4.78, 5) is 27.3. The van der Waals surface area contributed by atoms with E-state index in [1.54, 1.807) is 38.1 Å². The van der Waals surface area contributed by atoms with Gasteiger partial charge >= 0.3 is 0 Å². The molecule has 0 radical (unpaired) electrons. The minimum atomic E-state index is -3.67. The van der Waals surface area contributed by atoms with Crippen LogP contribution in [0.15, 0.2) is 47.4 Å². The van der Waals surface area contributed by atoms with Crippen molar-refractivity contribution in [3.8, 4) is 0 Å². The number of rotatable bonds is 6. The Morgan fingerprint density at radius 2 is 1.88 bits per heavy atom. The summed E-state index contributed by atoms with van der Waals surface area (Å²) in [6.45, 7) is 6.53. The maximum absolute atomic E-state index is 13.3. The first-order chi connectivity index (χ1) is 16.0. The normalized spacial score (nSPS) is 20.3. The minimum Gasteiger partial charge on any atom is -0.350 e. The maximum atomic E-state index is 13.3. The zero-order chi connectivity index (χ0) is 24.7. The average Bonchev–Trinajstić information content (AvgIpc) is 2.99. The van der Waals surface area contributed by atoms with E-state index in [0.717, 1.165) is 18.4 Å². The molecule has 34 heavy (non-hydrogen) atoms. The smallest absolute Gasteiger partial charge is 0.243 e. The minimum absolute atomic E-state index is 0.170. The van der Waals surface area contributed by atoms with E-state index in [2.05, 4.69) is 5.32 Å². The van der Waals surface area contributed by atoms with Gasteiger partial charge in [-0.25, -0.2) is 12.8 Å². The molecule has 0 aromatic heterocycles. The highest BCUT2D eigenvalue weighted by Crippen LogP contribution is 2.42. The van der Waals surface area contributed by atoms with Crippen LogP contribution in [0.25, 0.3) is 0 Å². The van der Waals surface area contributed by atoms with Crippen LogP contribution in [0.5, 0.6) is 0 Å². The lowest BCUT2D eigenvalue weighted by atomic mass is 9.86. The molecule has 2 aliphatic rings. The first kappa shape index (κ1) is 24.3. The van der Waals surface area contributed by atoms with Crippen molar-refractivity contribution in [3.63, 3.8) is 0 Å². The van der Waals surface area contributed by atoms with Crippen molar-refractivity contribution in [1.29, 1.82) is 0 Å². The van der Waals surface area contributed by atoms with Crippen LogP contribution in [-0.4, -0.2) is 44.2 Å². The highest BCUT2D eigenvalue weighted by Gasteiger charge is 2.45. The Balaban J connectivity index is 1.53. The molecular weight excluding hydrogens is 457 g/mol. The van der Waals surface area contributed by atoms with Gasteiger partial charge in [0.15, 0.2) is 0 Å². The van der Waals surface area contributed by atoms with Crippen LogP contribution in [0.4, 0.5) is 10.1 Å². The fraction of sp³-hybridized carbons (Fsp3) is 0.440. The molecule has 1 N–H and O–H groups in total. The number of anilines is 1. The highest BCUT2D eigenvalue weighted by atomic mass is 32.2. The molecule has 2 aliphatic heterocycles. The fourth-order valence-corrected chi connectivity index (χ4v) is 6.27. The van der Waals surface area contributed by atoms with E-state index < -0.39 is 15.4 Å². The number of carbonyl (C=O) groups is 2. The molecule has 2 heterocycles. The fourth-order valence-electron chi connectivity index (χ4n) is 4.65. The van der Waals surface area contributed by atoms with Gasteiger partial charge < -0.3 is 10.2 Å². The zero-order valence-electron chi connectivity index (χ0n) is 19.7. The predicted molar refractivity (Wildman–Crippen MR) is 127 cm³/mol. The van der Waals surface area contributed by atoms with E-state index in [0.29, 0.717) is 30.3 Å². The summed E-state index contributed by atoms with van der Waals surface area (Å²) in [7, 11) is -3.67. The number of amides is 2. The lowest BCUT2D eigenvalue weighted by molar-refractivity contribution is -0.125. The van der Waals surface area contributed by atoms with Crippen LogP contribution >= 0.6 is 0 Å². The van der Waals surface area contributed by atoms with E-state index in [-0.39, 0.29) is 35.6 Å². The first-order valence-corrected chi connectivity index (χ1v) is 12.9. The van der Waals surface area contributed by atoms with Crippen LogP contribution in [0, 0.1) is 11.7 Å². The molecular formula is C25H30FN3O4S. The van der Waals surface area contributed by atoms with Crippen molar-refractivity contribution >= 4 is 27.5 Å². The Bertz CT molecular complexity index is 1210. The van der Waals surface area contributed by atoms with Crippen molar-refractivity contribution in [2.24, 2.45) is 5.92 Å². The van der Waals surface area contributed by atoms with Gasteiger partial charge in [-0.3, -0.25) is 9.59 Å². The van der Waals surface area contributed by atoms with Crippen LogP contribution in [-0.2, 0) is 31.6 Å². The molecule has 182 valence electrons. The average molecular weight is 488 g/mol. The molecule has 4 rings (SSSR count). The van der Waals surface area contributed by atoms with Crippen molar-refractivity contribution < 1.29 is 22.4 Å². The van der Waals surface area contributed by atoms with Crippen LogP contribution in [0.2, 0.25) is 0 Å². The number of carbonyl (C=O) groups excluding carboxylic acids is 2. The van der Waals surface area contributed by atoms with Gasteiger partial charge in [-0.1, -0.05) is 19.1 Å². The number of nitrogens with zero attached hydrogens (tertiary/aromatic N) is 2. The molecule has 0 aliphatic carbocycles. The summed E-state index contributed by atoms with van der Waals surface area (Å²) in [5.41, 5.74) is 0.908. The predicted octanol–water partition coefficient (Wildman–Crippen LogP) is 3.19. The van der Waals surface area contributed by atoms with E-state index in [1.807, 2.05) is 6.92 Å². The van der Waals surface area contributed by atoms with Gasteiger partial charge in [0.1, 0.15) is 12.4 Å². The summed E-state index contributed by atoms with van der Waals surface area (Å²) in [6.07, 6.45) is 1.84. The third kappa shape index (κ3) is 4.59. The molecule has 2 aromatic rings. The number of halogens is 1. The van der Waals surface area contributed by atoms with Crippen LogP contribution in [0.1, 0.15) is 44.7 Å². The summed E-state index contributed by atoms with van der Waals surface area (Å²) in [5, 5.41) is 2.75. The van der Waals surface area contributed by atoms with Gasteiger partial charge in [0, 0.05) is 25.3 Å². The van der Waals surface area contributed by atoms with Crippen molar-refractivity contribution in [2.75, 3.05) is 24.5 Å². The number of nitrogens with one attached hydrogen (secondary N) is 1. The molecule has 0 bridgehead atoms. The number of fused-ring (bicyclic) bond motifs is 1. The number of piperidine rings is 1. The Hall–Kier alpha value is -2.78. The van der Waals surface area contributed by atoms with Crippen LogP contribution < -0.4 is 10.2 Å². The van der Waals surface area contributed by atoms with Crippen molar-refractivity contribution in [2.45, 2.75) is 50.5 Å². The largest absolute Gasteiger partial charge is 0.350 e. The Morgan fingerprint density at radius 3 is 2.56 bits per heavy atom. The Kier molecular flexibility index (Phi) is 6.52. The van der Waals surface area contributed by atoms with Gasteiger partial charge in [-0.2, -0.15) is 4.31 Å². The monoisotopic (exact) mass is 487 g/mol. The van der Waals surface area contributed by atoms with Crippen molar-refractivity contribution in [3.05, 3.63) is 59.4 Å². The molecule has 1 saturated heterocycles. The molecule has 0 saturated carbocycles. The molecule has 9 heteroatoms. The van der Waals surface area contributed by atoms with E-state index in [9.17, 15) is 22.4 Å². The summed E-state index contributed by atoms with van der Waals surface area (Å²) < 4.78 is 41.1. The second kappa shape index (κ2) is 9.11. The quantitative estimate of drug-likeness (QED) is 0.678. The van der Waals surface area contributed by atoms with Gasteiger partial charge in [0.25, 0.3) is 0 Å². The van der Waals surface area contributed by atoms with Crippen LogP contribution in [0.3, 0.4) is 0 Å². The van der Waals surface area contributed by atoms with Gasteiger partial charge in [-0.05, 0) is 74.1 Å². The van der Waals surface area contributed by atoms with E-state index >= 15 is 0 Å². The Labute approximate surface area is 200 Å². The standard InChI is InChI=1S/C25H30FN3O4S/c1-17-5-4-12-28(15-17)34(32,33)20-10-11-22-21(13-20)25(2,3)24(31)29(22)16-23(30)27-14-18-6-8-19(26)9-7-18/h6-11,13,17H,4-5,12,14-16H2,1-3H3,(H,27,30)/t17-/m1/s1. The molecule has 2 aromatic carbocycles. The second-order valence-corrected chi connectivity index (χ2v) is 11.6. The molecule has 0 unspecified atom stereocenters. The third-order valence-corrected chi connectivity index (χ3v) is 8.54. The van der Waals surface area contributed by atoms with Gasteiger partial charge in [-0.15, -0.1) is 0 Å². The van der Waals surface area contributed by atoms with Crippen molar-refractivity contribution in [1.82, 2.24) is 9.62 Å². The highest BCUT2D eigenvalue weighted by molar-refractivity contribution is 7.89. The maximum Gasteiger partial charge on any atom is 0.243 e. The lowest BCUT2D eigenvalue weighted by Crippen LogP contribution is -2.42. The molecule has 1 atom stereocenters. The van der Waals surface area contributed by atoms with E-state index in [4.69, 9.17) is 0 Å². The molecule has 7 nitrogen and oxygen atoms in total. The molecule has 0 spiro atoms. The summed E-state index contributed by atoms with van der Waals surface area (Å²) >= 11 is 0. The third-order valence-electron chi connectivity index (χ3n) is 6.67. The number of sulfonamides is 1. The van der Waals surface area contributed by atoms with Gasteiger partial charge in [0.2, 0.25) is 21.8 Å². The first-order valence-electron chi connectivity index (χ1n) is 11.5. The number of hydrogen-bond acceptors (Lipinski definition) is 4. The summed E-state index contributed by atoms with van der Waals surface area (Å²) in [6, 6.07) is 10.5. The van der Waals surface area contributed by atoms with E-state index in [1.165, 1.54) is 27.4 Å². The molecule has 1 fully saturated rings. The SMILES string of the molecule is C[C@@H]1CCCN(S(=O)(=O)c2ccc3c(c2)C(C)(C)C(=O)N3CC(=O)NCc2ccc(F)cc2)C1. The number of benzene rings is 2.